The highest BCUT2D eigenvalue weighted by molar-refractivity contribution is 6.31. The Labute approximate surface area is 321 Å². The molecule has 3 aromatic carbocycles. The van der Waals surface area contributed by atoms with Crippen LogP contribution in [0.5, 0.6) is 5.75 Å². The molecular weight excluding hydrogens is 716 g/mol. The molecule has 0 spiro atoms. The second-order valence-corrected chi connectivity index (χ2v) is 15.8. The maximum absolute atomic E-state index is 13.1. The number of ether oxygens (including phenoxy) is 4. The van der Waals surface area contributed by atoms with Gasteiger partial charge in [-0.3, -0.25) is 10.1 Å². The Morgan fingerprint density at radius 1 is 0.759 bits per heavy atom. The predicted octanol–water partition coefficient (Wildman–Crippen LogP) is 7.71. The third-order valence-corrected chi connectivity index (χ3v) is 7.12. The first-order chi connectivity index (χ1) is 24.9. The molecule has 290 valence electrons. The number of alkyl carbamates (subject to hydrolysis) is 1. The molecule has 1 atom stereocenters. The molecule has 0 saturated carbocycles. The number of anilines is 1. The minimum Gasteiger partial charge on any atom is -0.458 e. The number of hydrogen-bond donors (Lipinski definition) is 3. The van der Waals surface area contributed by atoms with Crippen LogP contribution in [0.25, 0.3) is 0 Å². The molecule has 0 aliphatic rings. The number of halogens is 1. The summed E-state index contributed by atoms with van der Waals surface area (Å²) < 4.78 is 21.6. The quantitative estimate of drug-likeness (QED) is 0.0645. The first-order valence-electron chi connectivity index (χ1n) is 17.2. The molecular formula is C40H49ClN4O9. The van der Waals surface area contributed by atoms with Crippen molar-refractivity contribution in [2.45, 2.75) is 105 Å². The summed E-state index contributed by atoms with van der Waals surface area (Å²) in [5.41, 5.74) is 0.538. The van der Waals surface area contributed by atoms with E-state index in [9.17, 15) is 24.0 Å². The smallest absolute Gasteiger partial charge is 0.437 e. The number of benzene rings is 3. The molecule has 0 radical (unpaired) electrons. The van der Waals surface area contributed by atoms with Crippen LogP contribution in [0.15, 0.2) is 71.7 Å². The number of rotatable bonds is 9. The van der Waals surface area contributed by atoms with Crippen molar-refractivity contribution in [3.8, 4) is 5.75 Å². The first kappa shape index (κ1) is 43.0. The summed E-state index contributed by atoms with van der Waals surface area (Å²) in [6, 6.07) is 17.1. The van der Waals surface area contributed by atoms with Crippen molar-refractivity contribution in [3.63, 3.8) is 0 Å². The van der Waals surface area contributed by atoms with Crippen molar-refractivity contribution in [3.05, 3.63) is 94.0 Å². The third-order valence-electron chi connectivity index (χ3n) is 6.77. The van der Waals surface area contributed by atoms with Gasteiger partial charge in [0, 0.05) is 17.1 Å². The van der Waals surface area contributed by atoms with Crippen LogP contribution in [0.2, 0.25) is 5.02 Å². The molecule has 0 unspecified atom stereocenters. The van der Waals surface area contributed by atoms with E-state index in [1.165, 1.54) is 36.4 Å². The Balaban J connectivity index is 1.67. The third kappa shape index (κ3) is 15.7. The minimum absolute atomic E-state index is 0.135. The van der Waals surface area contributed by atoms with Crippen molar-refractivity contribution >= 4 is 53.3 Å². The van der Waals surface area contributed by atoms with Crippen molar-refractivity contribution in [1.82, 2.24) is 10.6 Å². The molecule has 54 heavy (non-hydrogen) atoms. The molecule has 0 aliphatic heterocycles. The van der Waals surface area contributed by atoms with E-state index in [1.54, 1.807) is 68.4 Å². The first-order valence-corrected chi connectivity index (χ1v) is 17.6. The van der Waals surface area contributed by atoms with E-state index >= 15 is 0 Å². The van der Waals surface area contributed by atoms with Crippen LogP contribution in [0.3, 0.4) is 0 Å². The number of esters is 2. The maximum atomic E-state index is 13.1. The zero-order valence-electron chi connectivity index (χ0n) is 32.3. The van der Waals surface area contributed by atoms with E-state index in [-0.39, 0.29) is 35.1 Å². The molecule has 0 saturated heterocycles. The lowest BCUT2D eigenvalue weighted by Gasteiger charge is -2.25. The predicted molar refractivity (Wildman–Crippen MR) is 206 cm³/mol. The zero-order valence-corrected chi connectivity index (χ0v) is 33.1. The topological polar surface area (TPSA) is 171 Å². The molecule has 0 fully saturated rings. The molecule has 0 bridgehead atoms. The molecule has 13 nitrogen and oxygen atoms in total. The van der Waals surface area contributed by atoms with Crippen LogP contribution < -0.4 is 20.7 Å². The van der Waals surface area contributed by atoms with Crippen LogP contribution in [0.1, 0.15) is 89.4 Å². The van der Waals surface area contributed by atoms with Crippen molar-refractivity contribution in [2.24, 2.45) is 4.99 Å². The fourth-order valence-corrected chi connectivity index (χ4v) is 4.77. The fourth-order valence-electron chi connectivity index (χ4n) is 4.54. The summed E-state index contributed by atoms with van der Waals surface area (Å²) >= 11 is 6.49. The zero-order chi connectivity index (χ0) is 40.4. The number of nitrogens with zero attached hydrogens (tertiary/aromatic N) is 1. The van der Waals surface area contributed by atoms with Gasteiger partial charge in [-0.25, -0.2) is 19.2 Å². The molecule has 0 aromatic heterocycles. The van der Waals surface area contributed by atoms with Gasteiger partial charge in [-0.15, -0.1) is 4.99 Å². The van der Waals surface area contributed by atoms with Gasteiger partial charge in [0.25, 0.3) is 0 Å². The van der Waals surface area contributed by atoms with Gasteiger partial charge in [0.1, 0.15) is 28.6 Å². The van der Waals surface area contributed by atoms with Crippen LogP contribution >= 0.6 is 11.6 Å². The van der Waals surface area contributed by atoms with Crippen molar-refractivity contribution < 1.29 is 42.9 Å². The summed E-state index contributed by atoms with van der Waals surface area (Å²) in [5.74, 6) is -1.83. The van der Waals surface area contributed by atoms with Gasteiger partial charge in [-0.2, -0.15) is 0 Å². The highest BCUT2D eigenvalue weighted by Gasteiger charge is 2.27. The van der Waals surface area contributed by atoms with E-state index < -0.39 is 52.9 Å². The molecule has 3 rings (SSSR count). The van der Waals surface area contributed by atoms with Gasteiger partial charge in [-0.1, -0.05) is 47.5 Å². The molecule has 14 heteroatoms. The number of amides is 3. The second-order valence-electron chi connectivity index (χ2n) is 15.4. The Bertz CT molecular complexity index is 1850. The molecule has 3 N–H and O–H groups in total. The normalized spacial score (nSPS) is 12.5. The number of carbonyl (C=O) groups excluding carboxylic acids is 5. The van der Waals surface area contributed by atoms with Crippen LogP contribution in [0, 0.1) is 6.92 Å². The SMILES string of the molecule is Cc1ccc(C[C@H](NC(=O)Cc2ccc(OC(=O)c3ccc(N/C(=N\C(=O)OC(C)(C)C)NC(=O)OC(C)(C)C)cc3)cc2Cl)C(=O)OC(C)(C)C)cc1. The Morgan fingerprint density at radius 2 is 1.35 bits per heavy atom. The average Bonchev–Trinajstić information content (AvgIpc) is 3.00. The van der Waals surface area contributed by atoms with E-state index in [1.807, 2.05) is 31.2 Å². The number of guanidine groups is 1. The van der Waals surface area contributed by atoms with E-state index in [4.69, 9.17) is 30.5 Å². The van der Waals surface area contributed by atoms with Gasteiger partial charge in [0.15, 0.2) is 0 Å². The molecule has 0 aliphatic carbocycles. The number of carbonyl (C=O) groups is 5. The minimum atomic E-state index is -0.949. The average molecular weight is 765 g/mol. The van der Waals surface area contributed by atoms with E-state index in [0.29, 0.717) is 11.3 Å². The fraction of sp³-hybridized carbons (Fsp3) is 0.400. The highest BCUT2D eigenvalue weighted by Crippen LogP contribution is 2.25. The van der Waals surface area contributed by atoms with Crippen LogP contribution in [0.4, 0.5) is 15.3 Å². The summed E-state index contributed by atoms with van der Waals surface area (Å²) in [7, 11) is 0. The number of hydrogen-bond acceptors (Lipinski definition) is 9. The summed E-state index contributed by atoms with van der Waals surface area (Å²) in [6.45, 7) is 17.3. The summed E-state index contributed by atoms with van der Waals surface area (Å²) in [6.07, 6.45) is -1.71. The number of nitrogens with one attached hydrogen (secondary N) is 3. The van der Waals surface area contributed by atoms with Crippen LogP contribution in [-0.4, -0.2) is 58.8 Å². The van der Waals surface area contributed by atoms with Crippen molar-refractivity contribution in [2.75, 3.05) is 5.32 Å². The monoisotopic (exact) mass is 764 g/mol. The summed E-state index contributed by atoms with van der Waals surface area (Å²) in [4.78, 5) is 67.7. The van der Waals surface area contributed by atoms with E-state index in [2.05, 4.69) is 20.9 Å². The summed E-state index contributed by atoms with van der Waals surface area (Å²) in [5, 5.41) is 8.16. The Hall–Kier alpha value is -5.43. The number of aliphatic imine (C=N–C) groups is 1. The van der Waals surface area contributed by atoms with Gasteiger partial charge in [0.05, 0.1) is 12.0 Å². The van der Waals surface area contributed by atoms with Gasteiger partial charge < -0.3 is 29.6 Å². The lowest BCUT2D eigenvalue weighted by Crippen LogP contribution is -2.46. The van der Waals surface area contributed by atoms with Gasteiger partial charge in [0.2, 0.25) is 11.9 Å². The molecule has 3 aromatic rings. The Morgan fingerprint density at radius 3 is 1.91 bits per heavy atom. The lowest BCUT2D eigenvalue weighted by atomic mass is 10.0. The van der Waals surface area contributed by atoms with Crippen LogP contribution in [-0.2, 0) is 36.6 Å². The highest BCUT2D eigenvalue weighted by atomic mass is 35.5. The van der Waals surface area contributed by atoms with E-state index in [0.717, 1.165) is 11.1 Å². The number of aryl methyl sites for hydroxylation is 1. The molecule has 3 amide bonds. The maximum Gasteiger partial charge on any atom is 0.437 e. The van der Waals surface area contributed by atoms with Gasteiger partial charge in [-0.05, 0) is 117 Å². The second kappa shape index (κ2) is 18.1. The standard InChI is InChI=1S/C40H49ClN4O9/c1-24-11-13-25(14-12-24)21-31(34(48)52-38(2,3)4)43-32(46)22-27-17-20-29(23-30(27)41)51-33(47)26-15-18-28(19-16-26)42-35(44-36(49)53-39(5,6)7)45-37(50)54-40(8,9)10/h11-20,23,31H,21-22H2,1-10H3,(H,43,46)(H2,42,44,45,49,50)/t31-/m0/s1. The van der Waals surface area contributed by atoms with Gasteiger partial charge >= 0.3 is 24.1 Å². The molecule has 0 heterocycles. The van der Waals surface area contributed by atoms with Crippen molar-refractivity contribution in [1.29, 1.82) is 0 Å². The lowest BCUT2D eigenvalue weighted by molar-refractivity contribution is -0.158. The Kier molecular flexibility index (Phi) is 14.4. The largest absolute Gasteiger partial charge is 0.458 e.